The van der Waals surface area contributed by atoms with Crippen molar-refractivity contribution in [1.29, 1.82) is 0 Å². The Bertz CT molecular complexity index is 713. The smallest absolute Gasteiger partial charge is 0.0573 e. The number of nitrogens with one attached hydrogen (secondary N) is 1. The Balaban J connectivity index is 1.66. The Morgan fingerprint density at radius 3 is 2.77 bits per heavy atom. The molecule has 4 heteroatoms. The van der Waals surface area contributed by atoms with E-state index in [2.05, 4.69) is 59.4 Å². The van der Waals surface area contributed by atoms with E-state index in [1.165, 1.54) is 27.9 Å². The summed E-state index contributed by atoms with van der Waals surface area (Å²) in [6, 6.07) is 11.5. The van der Waals surface area contributed by atoms with Gasteiger partial charge in [0.15, 0.2) is 0 Å². The largest absolute Gasteiger partial charge is 0.330 e. The van der Waals surface area contributed by atoms with E-state index in [0.717, 1.165) is 52.0 Å². The summed E-state index contributed by atoms with van der Waals surface area (Å²) in [7, 11) is 0. The molecule has 1 aromatic heterocycles. The molecule has 0 aliphatic carbocycles. The van der Waals surface area contributed by atoms with Crippen LogP contribution in [0.4, 0.5) is 0 Å². The zero-order valence-electron chi connectivity index (χ0n) is 16.2. The minimum Gasteiger partial charge on any atom is -0.330 e. The van der Waals surface area contributed by atoms with Gasteiger partial charge in [0.1, 0.15) is 0 Å². The second kappa shape index (κ2) is 9.26. The Hall–Kier alpha value is -1.75. The standard InChI is InChI=1S/C22H32N4/c1-17-11-18(2)22(25-13-17)16-26(10-6-5-9-23)15-21-12-19-7-3-4-8-20(19)14-24-21/h3-4,7-8,11,13,21,24H,5-6,9-10,12,14-16,23H2,1-2H3/t21-/m1/s1. The molecule has 0 unspecified atom stereocenters. The highest BCUT2D eigenvalue weighted by Gasteiger charge is 2.20. The summed E-state index contributed by atoms with van der Waals surface area (Å²) in [5.74, 6) is 0. The van der Waals surface area contributed by atoms with Crippen molar-refractivity contribution in [2.75, 3.05) is 19.6 Å². The molecule has 1 aliphatic rings. The molecule has 0 amide bonds. The topological polar surface area (TPSA) is 54.2 Å². The van der Waals surface area contributed by atoms with Crippen molar-refractivity contribution in [3.05, 3.63) is 64.5 Å². The van der Waals surface area contributed by atoms with Crippen LogP contribution in [-0.2, 0) is 19.5 Å². The van der Waals surface area contributed by atoms with Crippen LogP contribution in [0.25, 0.3) is 0 Å². The predicted molar refractivity (Wildman–Crippen MR) is 108 cm³/mol. The molecule has 26 heavy (non-hydrogen) atoms. The molecule has 0 bridgehead atoms. The lowest BCUT2D eigenvalue weighted by atomic mass is 9.95. The van der Waals surface area contributed by atoms with Gasteiger partial charge in [-0.05, 0) is 68.5 Å². The van der Waals surface area contributed by atoms with Crippen LogP contribution in [0.15, 0.2) is 36.5 Å². The van der Waals surface area contributed by atoms with Crippen LogP contribution in [-0.4, -0.2) is 35.6 Å². The van der Waals surface area contributed by atoms with E-state index in [9.17, 15) is 0 Å². The van der Waals surface area contributed by atoms with E-state index in [-0.39, 0.29) is 0 Å². The fourth-order valence-electron chi connectivity index (χ4n) is 3.80. The number of aromatic nitrogens is 1. The number of nitrogens with two attached hydrogens (primary N) is 1. The van der Waals surface area contributed by atoms with Crippen LogP contribution in [0.1, 0.15) is 40.8 Å². The van der Waals surface area contributed by atoms with E-state index in [1.54, 1.807) is 0 Å². The Labute approximate surface area is 157 Å². The van der Waals surface area contributed by atoms with E-state index < -0.39 is 0 Å². The van der Waals surface area contributed by atoms with Crippen molar-refractivity contribution in [3.8, 4) is 0 Å². The number of hydrogen-bond acceptors (Lipinski definition) is 4. The summed E-state index contributed by atoms with van der Waals surface area (Å²) in [6.45, 7) is 9.05. The Kier molecular flexibility index (Phi) is 6.78. The zero-order chi connectivity index (χ0) is 18.4. The molecule has 0 saturated heterocycles. The van der Waals surface area contributed by atoms with E-state index in [1.807, 2.05) is 6.20 Å². The van der Waals surface area contributed by atoms with Crippen LogP contribution in [0, 0.1) is 13.8 Å². The lowest BCUT2D eigenvalue weighted by Crippen LogP contribution is -2.45. The van der Waals surface area contributed by atoms with Crippen molar-refractivity contribution in [3.63, 3.8) is 0 Å². The summed E-state index contributed by atoms with van der Waals surface area (Å²) >= 11 is 0. The van der Waals surface area contributed by atoms with Gasteiger partial charge in [-0.2, -0.15) is 0 Å². The monoisotopic (exact) mass is 352 g/mol. The summed E-state index contributed by atoms with van der Waals surface area (Å²) in [6.07, 6.45) is 5.31. The van der Waals surface area contributed by atoms with Crippen LogP contribution < -0.4 is 11.1 Å². The van der Waals surface area contributed by atoms with Crippen molar-refractivity contribution >= 4 is 0 Å². The normalized spacial score (nSPS) is 16.7. The number of nitrogens with zero attached hydrogens (tertiary/aromatic N) is 2. The highest BCUT2D eigenvalue weighted by Crippen LogP contribution is 2.18. The number of rotatable bonds is 8. The molecule has 4 nitrogen and oxygen atoms in total. The zero-order valence-corrected chi connectivity index (χ0v) is 16.2. The Morgan fingerprint density at radius 2 is 2.00 bits per heavy atom. The lowest BCUT2D eigenvalue weighted by Gasteiger charge is -2.32. The van der Waals surface area contributed by atoms with E-state index in [0.29, 0.717) is 6.04 Å². The second-order valence-corrected chi connectivity index (χ2v) is 7.56. The molecule has 0 radical (unpaired) electrons. The van der Waals surface area contributed by atoms with Gasteiger partial charge in [0.25, 0.3) is 0 Å². The van der Waals surface area contributed by atoms with Gasteiger partial charge in [0.05, 0.1) is 5.69 Å². The predicted octanol–water partition coefficient (Wildman–Crippen LogP) is 2.95. The van der Waals surface area contributed by atoms with Crippen LogP contribution in [0.2, 0.25) is 0 Å². The molecule has 2 aromatic rings. The van der Waals surface area contributed by atoms with Crippen LogP contribution >= 0.6 is 0 Å². The highest BCUT2D eigenvalue weighted by molar-refractivity contribution is 5.30. The third kappa shape index (κ3) is 5.13. The maximum absolute atomic E-state index is 5.70. The molecule has 140 valence electrons. The fraction of sp³-hybridized carbons (Fsp3) is 0.500. The van der Waals surface area contributed by atoms with Gasteiger partial charge >= 0.3 is 0 Å². The summed E-state index contributed by atoms with van der Waals surface area (Å²) < 4.78 is 0. The highest BCUT2D eigenvalue weighted by atomic mass is 15.2. The van der Waals surface area contributed by atoms with Gasteiger partial charge in [-0.25, -0.2) is 0 Å². The average Bonchev–Trinajstić information content (AvgIpc) is 2.64. The summed E-state index contributed by atoms with van der Waals surface area (Å²) in [5, 5.41) is 3.72. The number of pyridine rings is 1. The molecule has 1 atom stereocenters. The maximum atomic E-state index is 5.70. The van der Waals surface area contributed by atoms with Gasteiger partial charge in [-0.3, -0.25) is 9.88 Å². The number of hydrogen-bond donors (Lipinski definition) is 2. The van der Waals surface area contributed by atoms with E-state index >= 15 is 0 Å². The molecular formula is C22H32N4. The number of aryl methyl sites for hydroxylation is 2. The molecule has 0 fully saturated rings. The lowest BCUT2D eigenvalue weighted by molar-refractivity contribution is 0.222. The third-order valence-electron chi connectivity index (χ3n) is 5.27. The second-order valence-electron chi connectivity index (χ2n) is 7.56. The molecule has 3 N–H and O–H groups in total. The summed E-state index contributed by atoms with van der Waals surface area (Å²) in [4.78, 5) is 7.24. The third-order valence-corrected chi connectivity index (χ3v) is 5.27. The van der Waals surface area contributed by atoms with Crippen LogP contribution in [0.5, 0.6) is 0 Å². The minimum atomic E-state index is 0.494. The molecular weight excluding hydrogens is 320 g/mol. The van der Waals surface area contributed by atoms with Gasteiger partial charge in [0, 0.05) is 31.9 Å². The van der Waals surface area contributed by atoms with Crippen molar-refractivity contribution in [2.24, 2.45) is 5.73 Å². The quantitative estimate of drug-likeness (QED) is 0.717. The summed E-state index contributed by atoms with van der Waals surface area (Å²) in [5.41, 5.74) is 12.3. The first kappa shape index (κ1) is 19.0. The molecule has 2 heterocycles. The SMILES string of the molecule is Cc1cnc(CN(CCCCN)C[C@H]2Cc3ccccc3CN2)c(C)c1. The van der Waals surface area contributed by atoms with Crippen molar-refractivity contribution in [2.45, 2.75) is 52.2 Å². The van der Waals surface area contributed by atoms with Gasteiger partial charge < -0.3 is 11.1 Å². The number of unbranched alkanes of at least 4 members (excludes halogenated alkanes) is 1. The first-order chi connectivity index (χ1) is 12.7. The number of benzene rings is 1. The van der Waals surface area contributed by atoms with Gasteiger partial charge in [-0.1, -0.05) is 30.3 Å². The van der Waals surface area contributed by atoms with Crippen LogP contribution in [0.3, 0.4) is 0 Å². The molecule has 0 spiro atoms. The maximum Gasteiger partial charge on any atom is 0.0573 e. The first-order valence-electron chi connectivity index (χ1n) is 9.80. The first-order valence-corrected chi connectivity index (χ1v) is 9.80. The molecule has 1 aliphatic heterocycles. The molecule has 3 rings (SSSR count). The minimum absolute atomic E-state index is 0.494. The fourth-order valence-corrected chi connectivity index (χ4v) is 3.80. The average molecular weight is 353 g/mol. The van der Waals surface area contributed by atoms with Crippen molar-refractivity contribution in [1.82, 2.24) is 15.2 Å². The van der Waals surface area contributed by atoms with Gasteiger partial charge in [-0.15, -0.1) is 0 Å². The number of fused-ring (bicyclic) bond motifs is 1. The molecule has 1 aromatic carbocycles. The van der Waals surface area contributed by atoms with E-state index in [4.69, 9.17) is 5.73 Å². The molecule has 0 saturated carbocycles. The van der Waals surface area contributed by atoms with Gasteiger partial charge in [0.2, 0.25) is 0 Å². The van der Waals surface area contributed by atoms with Crippen molar-refractivity contribution < 1.29 is 0 Å². The Morgan fingerprint density at radius 1 is 1.19 bits per heavy atom.